The number of benzene rings is 2. The number of likely N-dealkylation sites (tertiary alicyclic amines) is 1. The van der Waals surface area contributed by atoms with Gasteiger partial charge < -0.3 is 9.64 Å². The van der Waals surface area contributed by atoms with Crippen LogP contribution in [-0.4, -0.2) is 56.6 Å². The highest BCUT2D eigenvalue weighted by molar-refractivity contribution is 7.89. The predicted octanol–water partition coefficient (Wildman–Crippen LogP) is 3.61. The van der Waals surface area contributed by atoms with Gasteiger partial charge in [0.2, 0.25) is 15.9 Å². The highest BCUT2D eigenvalue weighted by Gasteiger charge is 2.58. The summed E-state index contributed by atoms with van der Waals surface area (Å²) in [5.41, 5.74) is 0.925. The van der Waals surface area contributed by atoms with Gasteiger partial charge in [-0.1, -0.05) is 30.3 Å². The average molecular weight is 497 g/mol. The quantitative estimate of drug-likeness (QED) is 0.606. The third-order valence-corrected chi connectivity index (χ3v) is 7.78. The number of methoxy groups -OCH3 is 1. The zero-order valence-electron chi connectivity index (χ0n) is 18.9. The van der Waals surface area contributed by atoms with E-state index in [9.17, 15) is 13.2 Å². The number of ether oxygens (including phenoxy) is 1. The summed E-state index contributed by atoms with van der Waals surface area (Å²) in [5.74, 6) is -4.73. The summed E-state index contributed by atoms with van der Waals surface area (Å²) < 4.78 is 77.3. The standard InChI is InChI=1S/C24H27F3N2O4S/c1-3-34(31,32)28-22-20(29(14-24(22,26)27)23(30)15-10-11-15)13-17-7-5-9-19(21(17)25)16-6-4-8-18(12-16)33-2/h4-9,12,15,20,22,28H,3,10-11,13-14H2,1-2H3/t20-,22+/m0/s1. The van der Waals surface area contributed by atoms with Crippen molar-refractivity contribution < 1.29 is 31.1 Å². The van der Waals surface area contributed by atoms with Crippen molar-refractivity contribution in [2.75, 3.05) is 19.4 Å². The summed E-state index contributed by atoms with van der Waals surface area (Å²) in [6.07, 6.45) is 0.964. The molecule has 1 saturated carbocycles. The summed E-state index contributed by atoms with van der Waals surface area (Å²) in [7, 11) is -2.50. The molecule has 34 heavy (non-hydrogen) atoms. The van der Waals surface area contributed by atoms with Crippen LogP contribution in [0.15, 0.2) is 42.5 Å². The number of halogens is 3. The van der Waals surface area contributed by atoms with E-state index in [1.165, 1.54) is 20.1 Å². The van der Waals surface area contributed by atoms with Crippen LogP contribution in [0, 0.1) is 11.7 Å². The van der Waals surface area contributed by atoms with Gasteiger partial charge in [0, 0.05) is 11.5 Å². The second kappa shape index (κ2) is 9.22. The second-order valence-electron chi connectivity index (χ2n) is 8.78. The summed E-state index contributed by atoms with van der Waals surface area (Å²) in [6.45, 7) is 0.440. The summed E-state index contributed by atoms with van der Waals surface area (Å²) >= 11 is 0. The van der Waals surface area contributed by atoms with Crippen molar-refractivity contribution in [3.05, 3.63) is 53.8 Å². The Hall–Kier alpha value is -2.59. The van der Waals surface area contributed by atoms with Gasteiger partial charge in [0.25, 0.3) is 5.92 Å². The van der Waals surface area contributed by atoms with Crippen LogP contribution in [0.2, 0.25) is 0 Å². The second-order valence-corrected chi connectivity index (χ2v) is 10.8. The molecule has 1 amide bonds. The van der Waals surface area contributed by atoms with Gasteiger partial charge in [-0.25, -0.2) is 26.3 Å². The van der Waals surface area contributed by atoms with E-state index in [0.29, 0.717) is 24.2 Å². The van der Waals surface area contributed by atoms with Gasteiger partial charge in [-0.2, -0.15) is 0 Å². The lowest BCUT2D eigenvalue weighted by atomic mass is 9.95. The van der Waals surface area contributed by atoms with E-state index in [-0.39, 0.29) is 29.2 Å². The van der Waals surface area contributed by atoms with Crippen LogP contribution in [0.25, 0.3) is 11.1 Å². The highest BCUT2D eigenvalue weighted by Crippen LogP contribution is 2.40. The van der Waals surface area contributed by atoms with Crippen molar-refractivity contribution in [2.45, 2.75) is 44.2 Å². The molecule has 2 aromatic rings. The maximum atomic E-state index is 15.6. The minimum absolute atomic E-state index is 0.123. The molecule has 1 aliphatic heterocycles. The number of hydrogen-bond acceptors (Lipinski definition) is 4. The molecule has 1 heterocycles. The van der Waals surface area contributed by atoms with Crippen molar-refractivity contribution >= 4 is 15.9 Å². The summed E-state index contributed by atoms with van der Waals surface area (Å²) in [4.78, 5) is 13.9. The normalized spacial score (nSPS) is 22.1. The Bertz CT molecular complexity index is 1180. The van der Waals surface area contributed by atoms with E-state index in [4.69, 9.17) is 4.74 Å². The van der Waals surface area contributed by atoms with Crippen molar-refractivity contribution in [1.29, 1.82) is 0 Å². The first-order valence-electron chi connectivity index (χ1n) is 11.2. The predicted molar refractivity (Wildman–Crippen MR) is 122 cm³/mol. The van der Waals surface area contributed by atoms with E-state index in [1.54, 1.807) is 36.4 Å². The van der Waals surface area contributed by atoms with Crippen LogP contribution in [-0.2, 0) is 21.2 Å². The fraction of sp³-hybridized carbons (Fsp3) is 0.458. The highest BCUT2D eigenvalue weighted by atomic mass is 32.2. The Morgan fingerprint density at radius 3 is 2.56 bits per heavy atom. The fourth-order valence-corrected chi connectivity index (χ4v) is 5.24. The van der Waals surface area contributed by atoms with Crippen molar-refractivity contribution in [3.63, 3.8) is 0 Å². The topological polar surface area (TPSA) is 75.7 Å². The van der Waals surface area contributed by atoms with Gasteiger partial charge in [-0.05, 0) is 49.4 Å². The molecular weight excluding hydrogens is 469 g/mol. The molecule has 0 unspecified atom stereocenters. The Morgan fingerprint density at radius 2 is 1.91 bits per heavy atom. The number of rotatable bonds is 8. The molecule has 2 aromatic carbocycles. The molecule has 2 fully saturated rings. The number of amides is 1. The molecular formula is C24H27F3N2O4S. The van der Waals surface area contributed by atoms with Gasteiger partial charge >= 0.3 is 0 Å². The number of alkyl halides is 2. The minimum atomic E-state index is -4.00. The third kappa shape index (κ3) is 4.93. The van der Waals surface area contributed by atoms with E-state index in [2.05, 4.69) is 4.72 Å². The van der Waals surface area contributed by atoms with Crippen LogP contribution in [0.3, 0.4) is 0 Å². The molecule has 10 heteroatoms. The lowest BCUT2D eigenvalue weighted by molar-refractivity contribution is -0.134. The SMILES string of the molecule is CCS(=O)(=O)N[C@@H]1[C@H](Cc2cccc(-c3cccc(OC)c3)c2F)N(C(=O)C2CC2)CC1(F)F. The van der Waals surface area contributed by atoms with E-state index in [0.717, 1.165) is 4.90 Å². The first-order chi connectivity index (χ1) is 16.1. The maximum absolute atomic E-state index is 15.6. The summed E-state index contributed by atoms with van der Waals surface area (Å²) in [5, 5.41) is 0. The molecule has 1 aliphatic carbocycles. The van der Waals surface area contributed by atoms with E-state index < -0.39 is 46.3 Å². The number of nitrogens with zero attached hydrogens (tertiary/aromatic N) is 1. The lowest BCUT2D eigenvalue weighted by Gasteiger charge is -2.29. The molecule has 2 atom stereocenters. The Labute approximate surface area is 197 Å². The van der Waals surface area contributed by atoms with Crippen LogP contribution >= 0.6 is 0 Å². The number of carbonyl (C=O) groups excluding carboxylic acids is 1. The third-order valence-electron chi connectivity index (χ3n) is 6.41. The molecule has 184 valence electrons. The Kier molecular flexibility index (Phi) is 6.65. The largest absolute Gasteiger partial charge is 0.497 e. The Morgan fingerprint density at radius 1 is 1.21 bits per heavy atom. The molecule has 2 aliphatic rings. The zero-order valence-corrected chi connectivity index (χ0v) is 19.7. The zero-order chi connectivity index (χ0) is 24.7. The Balaban J connectivity index is 1.71. The van der Waals surface area contributed by atoms with Gasteiger partial charge in [0.15, 0.2) is 0 Å². The smallest absolute Gasteiger partial charge is 0.283 e. The van der Waals surface area contributed by atoms with Gasteiger partial charge in [0.1, 0.15) is 17.6 Å². The van der Waals surface area contributed by atoms with Gasteiger partial charge in [0.05, 0.1) is 25.4 Å². The fourth-order valence-electron chi connectivity index (χ4n) is 4.36. The molecule has 1 saturated heterocycles. The molecule has 0 aromatic heterocycles. The molecule has 0 spiro atoms. The van der Waals surface area contributed by atoms with Crippen molar-refractivity contribution in [1.82, 2.24) is 9.62 Å². The first kappa shape index (κ1) is 24.5. The van der Waals surface area contributed by atoms with Crippen molar-refractivity contribution in [2.24, 2.45) is 5.92 Å². The molecule has 1 N–H and O–H groups in total. The van der Waals surface area contributed by atoms with Crippen LogP contribution in [0.1, 0.15) is 25.3 Å². The first-order valence-corrected chi connectivity index (χ1v) is 12.8. The number of carbonyl (C=O) groups is 1. The van der Waals surface area contributed by atoms with Gasteiger partial charge in [-0.3, -0.25) is 4.79 Å². The van der Waals surface area contributed by atoms with Crippen LogP contribution in [0.4, 0.5) is 13.2 Å². The van der Waals surface area contributed by atoms with Gasteiger partial charge in [-0.15, -0.1) is 0 Å². The maximum Gasteiger partial charge on any atom is 0.283 e. The molecule has 4 rings (SSSR count). The molecule has 0 bridgehead atoms. The van der Waals surface area contributed by atoms with E-state index in [1.807, 2.05) is 0 Å². The minimum Gasteiger partial charge on any atom is -0.497 e. The monoisotopic (exact) mass is 496 g/mol. The van der Waals surface area contributed by atoms with E-state index >= 15 is 13.2 Å². The lowest BCUT2D eigenvalue weighted by Crippen LogP contribution is -2.52. The molecule has 6 nitrogen and oxygen atoms in total. The molecule has 0 radical (unpaired) electrons. The van der Waals surface area contributed by atoms with Crippen LogP contribution in [0.5, 0.6) is 5.75 Å². The number of nitrogens with one attached hydrogen (secondary N) is 1. The number of sulfonamides is 1. The average Bonchev–Trinajstić information content (AvgIpc) is 3.63. The van der Waals surface area contributed by atoms with Crippen molar-refractivity contribution in [3.8, 4) is 16.9 Å². The number of hydrogen-bond donors (Lipinski definition) is 1. The summed E-state index contributed by atoms with van der Waals surface area (Å²) in [6, 6.07) is 8.38. The van der Waals surface area contributed by atoms with Crippen LogP contribution < -0.4 is 9.46 Å².